The third-order valence-electron chi connectivity index (χ3n) is 1.31. The van der Waals surface area contributed by atoms with Gasteiger partial charge in [-0.2, -0.15) is 0 Å². The number of hydrogen-bond acceptors (Lipinski definition) is 3. The van der Waals surface area contributed by atoms with E-state index in [4.69, 9.17) is 22.7 Å². The first-order valence-electron chi connectivity index (χ1n) is 3.90. The van der Waals surface area contributed by atoms with E-state index in [1.54, 1.807) is 0 Å². The maximum Gasteiger partial charge on any atom is 0.188 e. The highest BCUT2D eigenvalue weighted by atomic mass is 32.1. The lowest BCUT2D eigenvalue weighted by molar-refractivity contribution is 0.0494. The Labute approximate surface area is 79.8 Å². The van der Waals surface area contributed by atoms with Gasteiger partial charge >= 0.3 is 0 Å². The average Bonchev–Trinajstić information content (AvgIpc) is 1.82. The van der Waals surface area contributed by atoms with Crippen LogP contribution in [0.15, 0.2) is 11.5 Å². The van der Waals surface area contributed by atoms with Crippen molar-refractivity contribution >= 4 is 17.1 Å². The topological polar surface area (TPSA) is 35.2 Å². The average molecular weight is 187 g/mol. The van der Waals surface area contributed by atoms with E-state index in [1.165, 1.54) is 0 Å². The van der Waals surface area contributed by atoms with Crippen molar-refractivity contribution in [1.29, 1.82) is 0 Å². The van der Waals surface area contributed by atoms with Crippen molar-refractivity contribution in [2.24, 2.45) is 5.73 Å². The Morgan fingerprint density at radius 2 is 1.67 bits per heavy atom. The largest absolute Gasteiger partial charge is 0.473 e. The van der Waals surface area contributed by atoms with Crippen molar-refractivity contribution in [2.45, 2.75) is 40.2 Å². The number of hydrogen-bond donors (Lipinski definition) is 1. The van der Waals surface area contributed by atoms with Crippen LogP contribution in [0.5, 0.6) is 0 Å². The number of thiocarbonyl (C=S) groups is 1. The van der Waals surface area contributed by atoms with Crippen LogP contribution in [0.4, 0.5) is 0 Å². The normalized spacial score (nSPS) is 13.8. The first kappa shape index (κ1) is 11.4. The quantitative estimate of drug-likeness (QED) is 0.409. The minimum Gasteiger partial charge on any atom is -0.473 e. The van der Waals surface area contributed by atoms with Crippen LogP contribution < -0.4 is 5.73 Å². The number of rotatable bonds is 2. The van der Waals surface area contributed by atoms with Crippen LogP contribution in [0.25, 0.3) is 0 Å². The van der Waals surface area contributed by atoms with Crippen molar-refractivity contribution in [3.63, 3.8) is 0 Å². The Bertz CT molecular complexity index is 213. The third kappa shape index (κ3) is 4.34. The highest BCUT2D eigenvalue weighted by Crippen LogP contribution is 2.13. The fourth-order valence-corrected chi connectivity index (χ4v) is 0.681. The Kier molecular flexibility index (Phi) is 3.71. The molecule has 2 N–H and O–H groups in total. The van der Waals surface area contributed by atoms with Gasteiger partial charge in [-0.15, -0.1) is 0 Å². The van der Waals surface area contributed by atoms with Gasteiger partial charge < -0.3 is 10.5 Å². The highest BCUT2D eigenvalue weighted by molar-refractivity contribution is 7.80. The molecule has 0 saturated heterocycles. The van der Waals surface area contributed by atoms with Crippen molar-refractivity contribution < 1.29 is 4.74 Å². The van der Waals surface area contributed by atoms with E-state index in [9.17, 15) is 0 Å². The van der Waals surface area contributed by atoms with Crippen molar-refractivity contribution in [2.75, 3.05) is 0 Å². The van der Waals surface area contributed by atoms with Gasteiger partial charge in [-0.25, -0.2) is 0 Å². The summed E-state index contributed by atoms with van der Waals surface area (Å²) in [7, 11) is 0. The van der Waals surface area contributed by atoms with E-state index < -0.39 is 0 Å². The van der Waals surface area contributed by atoms with Gasteiger partial charge in [0.05, 0.1) is 0 Å². The van der Waals surface area contributed by atoms with Crippen LogP contribution in [0.3, 0.4) is 0 Å². The van der Waals surface area contributed by atoms with Crippen molar-refractivity contribution in [1.82, 2.24) is 0 Å². The summed E-state index contributed by atoms with van der Waals surface area (Å²) in [6.45, 7) is 9.55. The van der Waals surface area contributed by atoms with Crippen LogP contribution >= 0.6 is 12.2 Å². The van der Waals surface area contributed by atoms with Crippen LogP contribution in [0.1, 0.15) is 34.6 Å². The zero-order chi connectivity index (χ0) is 9.94. The lowest BCUT2D eigenvalue weighted by Crippen LogP contribution is -2.23. The van der Waals surface area contributed by atoms with Gasteiger partial charge in [-0.1, -0.05) is 12.2 Å². The van der Waals surface area contributed by atoms with E-state index in [0.29, 0.717) is 5.88 Å². The van der Waals surface area contributed by atoms with Crippen LogP contribution in [0, 0.1) is 0 Å². The number of ether oxygens (including phenoxy) is 1. The molecule has 0 amide bonds. The van der Waals surface area contributed by atoms with Crippen LogP contribution in [0.2, 0.25) is 0 Å². The predicted molar refractivity (Wildman–Crippen MR) is 56.0 cm³/mol. The minimum atomic E-state index is -0.254. The summed E-state index contributed by atoms with van der Waals surface area (Å²) in [5.41, 5.74) is 6.27. The number of allylic oxidation sites excluding steroid dienone is 1. The Morgan fingerprint density at radius 1 is 1.25 bits per heavy atom. The zero-order valence-electron chi connectivity index (χ0n) is 8.39. The molecule has 0 aliphatic carbocycles. The van der Waals surface area contributed by atoms with Crippen LogP contribution in [-0.4, -0.2) is 10.5 Å². The molecular weight excluding hydrogens is 170 g/mol. The summed E-state index contributed by atoms with van der Waals surface area (Å²) < 4.78 is 5.43. The van der Waals surface area contributed by atoms with Gasteiger partial charge in [0.15, 0.2) is 5.88 Å². The van der Waals surface area contributed by atoms with Crippen LogP contribution in [-0.2, 0) is 4.74 Å². The fraction of sp³-hybridized carbons (Fsp3) is 0.667. The van der Waals surface area contributed by atoms with Gasteiger partial charge in [0.25, 0.3) is 0 Å². The molecule has 0 bridgehead atoms. The Balaban J connectivity index is 4.49. The second-order valence-electron chi connectivity index (χ2n) is 3.76. The van der Waals surface area contributed by atoms with Crippen molar-refractivity contribution in [3.05, 3.63) is 11.5 Å². The molecular formula is C9H17NOS. The lowest BCUT2D eigenvalue weighted by atomic mass is 10.2. The summed E-state index contributed by atoms with van der Waals surface area (Å²) in [6, 6.07) is 0. The van der Waals surface area contributed by atoms with E-state index in [2.05, 4.69) is 0 Å². The summed E-state index contributed by atoms with van der Waals surface area (Å²) in [4.78, 5) is 0.775. The van der Waals surface area contributed by atoms with Gasteiger partial charge in [-0.3, -0.25) is 0 Å². The molecule has 0 aromatic carbocycles. The summed E-state index contributed by atoms with van der Waals surface area (Å²) >= 11 is 4.97. The van der Waals surface area contributed by atoms with Gasteiger partial charge in [0, 0.05) is 10.4 Å². The molecule has 2 nitrogen and oxygen atoms in total. The number of nitrogens with two attached hydrogens (primary N) is 1. The molecule has 0 rings (SSSR count). The maximum absolute atomic E-state index is 5.67. The molecule has 70 valence electrons. The fourth-order valence-electron chi connectivity index (χ4n) is 0.580. The molecule has 0 atom stereocenters. The van der Waals surface area contributed by atoms with Crippen molar-refractivity contribution in [3.8, 4) is 0 Å². The zero-order valence-corrected chi connectivity index (χ0v) is 9.21. The third-order valence-corrected chi connectivity index (χ3v) is 1.62. The molecule has 0 unspecified atom stereocenters. The standard InChI is InChI=1S/C9H17NOS/c1-6(7(2)12)8(10)11-9(3,4)5/h10H2,1-5H3. The Morgan fingerprint density at radius 3 is 1.92 bits per heavy atom. The molecule has 3 heteroatoms. The monoisotopic (exact) mass is 187 g/mol. The highest BCUT2D eigenvalue weighted by Gasteiger charge is 2.13. The second kappa shape index (κ2) is 3.90. The maximum atomic E-state index is 5.67. The lowest BCUT2D eigenvalue weighted by Gasteiger charge is -2.22. The summed E-state index contributed by atoms with van der Waals surface area (Å²) in [5, 5.41) is 0. The molecule has 0 aromatic heterocycles. The molecule has 0 heterocycles. The summed E-state index contributed by atoms with van der Waals surface area (Å²) in [6.07, 6.45) is 0. The van der Waals surface area contributed by atoms with Gasteiger partial charge in [0.2, 0.25) is 0 Å². The minimum absolute atomic E-state index is 0.254. The molecule has 0 aliphatic rings. The Hall–Kier alpha value is -0.570. The van der Waals surface area contributed by atoms with E-state index >= 15 is 0 Å². The van der Waals surface area contributed by atoms with Gasteiger partial charge in [0.1, 0.15) is 5.60 Å². The van der Waals surface area contributed by atoms with E-state index in [-0.39, 0.29) is 5.60 Å². The van der Waals surface area contributed by atoms with E-state index in [1.807, 2.05) is 34.6 Å². The smallest absolute Gasteiger partial charge is 0.188 e. The predicted octanol–water partition coefficient (Wildman–Crippen LogP) is 2.38. The molecule has 0 spiro atoms. The second-order valence-corrected chi connectivity index (χ2v) is 4.37. The molecule has 0 aliphatic heterocycles. The summed E-state index contributed by atoms with van der Waals surface area (Å²) in [5.74, 6) is 0.426. The molecule has 12 heavy (non-hydrogen) atoms. The SMILES string of the molecule is CC(=S)C(C)=C(N)OC(C)(C)C. The van der Waals surface area contributed by atoms with E-state index in [0.717, 1.165) is 10.4 Å². The van der Waals surface area contributed by atoms with Gasteiger partial charge in [-0.05, 0) is 34.6 Å². The first-order valence-corrected chi connectivity index (χ1v) is 4.31. The molecule has 0 saturated carbocycles. The molecule has 0 aromatic rings. The first-order chi connectivity index (χ1) is 5.24. The molecule has 0 radical (unpaired) electrons. The molecule has 0 fully saturated rings.